The van der Waals surface area contributed by atoms with Crippen molar-refractivity contribution in [2.75, 3.05) is 4.72 Å². The molecular weight excluding hydrogens is 328 g/mol. The molecule has 122 valence electrons. The Labute approximate surface area is 138 Å². The molecule has 0 aromatic heterocycles. The van der Waals surface area contributed by atoms with E-state index in [1.807, 2.05) is 30.3 Å². The molecule has 3 aromatic rings. The van der Waals surface area contributed by atoms with Crippen molar-refractivity contribution in [3.05, 3.63) is 76.3 Å². The number of non-ortho nitro benzene ring substituents is 1. The molecular formula is C17H14N2O4S. The van der Waals surface area contributed by atoms with Crippen molar-refractivity contribution in [1.29, 1.82) is 0 Å². The molecule has 0 saturated heterocycles. The predicted octanol–water partition coefficient (Wildman–Crippen LogP) is 3.86. The normalized spacial score (nSPS) is 11.4. The van der Waals surface area contributed by atoms with Crippen molar-refractivity contribution in [2.45, 2.75) is 11.8 Å². The fraction of sp³-hybridized carbons (Fsp3) is 0.0588. The molecule has 0 unspecified atom stereocenters. The first-order valence-electron chi connectivity index (χ1n) is 7.14. The lowest BCUT2D eigenvalue weighted by Gasteiger charge is -2.12. The van der Waals surface area contributed by atoms with Gasteiger partial charge in [-0.15, -0.1) is 0 Å². The molecule has 0 radical (unpaired) electrons. The van der Waals surface area contributed by atoms with Crippen LogP contribution in [0.15, 0.2) is 65.6 Å². The number of sulfonamides is 1. The predicted molar refractivity (Wildman–Crippen MR) is 92.6 cm³/mol. The van der Waals surface area contributed by atoms with Gasteiger partial charge in [0.25, 0.3) is 15.7 Å². The van der Waals surface area contributed by atoms with E-state index >= 15 is 0 Å². The molecule has 0 atom stereocenters. The Morgan fingerprint density at radius 2 is 1.71 bits per heavy atom. The SMILES string of the molecule is Cc1ccc([N+](=O)[O-])cc1S(=O)(=O)Nc1cccc2ccccc12. The second-order valence-electron chi connectivity index (χ2n) is 5.34. The van der Waals surface area contributed by atoms with Gasteiger partial charge >= 0.3 is 0 Å². The van der Waals surface area contributed by atoms with Crippen LogP contribution in [0.4, 0.5) is 11.4 Å². The van der Waals surface area contributed by atoms with E-state index in [1.165, 1.54) is 12.1 Å². The molecule has 3 rings (SSSR count). The fourth-order valence-electron chi connectivity index (χ4n) is 2.51. The van der Waals surface area contributed by atoms with Gasteiger partial charge in [0.1, 0.15) is 0 Å². The monoisotopic (exact) mass is 342 g/mol. The third kappa shape index (κ3) is 2.93. The number of benzene rings is 3. The van der Waals surface area contributed by atoms with Gasteiger partial charge in [0.2, 0.25) is 0 Å². The maximum atomic E-state index is 12.7. The quantitative estimate of drug-likeness (QED) is 0.576. The zero-order valence-electron chi connectivity index (χ0n) is 12.8. The van der Waals surface area contributed by atoms with E-state index < -0.39 is 14.9 Å². The highest BCUT2D eigenvalue weighted by molar-refractivity contribution is 7.92. The lowest BCUT2D eigenvalue weighted by molar-refractivity contribution is -0.385. The molecule has 0 aliphatic carbocycles. The van der Waals surface area contributed by atoms with Gasteiger partial charge in [-0.3, -0.25) is 14.8 Å². The Balaban J connectivity index is 2.09. The molecule has 0 aliphatic heterocycles. The van der Waals surface area contributed by atoms with Crippen molar-refractivity contribution in [3.8, 4) is 0 Å². The summed E-state index contributed by atoms with van der Waals surface area (Å²) in [5.74, 6) is 0. The second-order valence-corrected chi connectivity index (χ2v) is 6.99. The highest BCUT2D eigenvalue weighted by atomic mass is 32.2. The topological polar surface area (TPSA) is 89.3 Å². The van der Waals surface area contributed by atoms with Crippen LogP contribution < -0.4 is 4.72 Å². The number of rotatable bonds is 4. The zero-order chi connectivity index (χ0) is 17.3. The number of aryl methyl sites for hydroxylation is 1. The van der Waals surface area contributed by atoms with Gasteiger partial charge < -0.3 is 0 Å². The van der Waals surface area contributed by atoms with Crippen LogP contribution in [-0.4, -0.2) is 13.3 Å². The molecule has 1 N–H and O–H groups in total. The number of nitro benzene ring substituents is 1. The van der Waals surface area contributed by atoms with Gasteiger partial charge in [-0.05, 0) is 23.9 Å². The highest BCUT2D eigenvalue weighted by Gasteiger charge is 2.21. The van der Waals surface area contributed by atoms with Crippen LogP contribution in [0.2, 0.25) is 0 Å². The Morgan fingerprint density at radius 1 is 1.00 bits per heavy atom. The van der Waals surface area contributed by atoms with Gasteiger partial charge in [0, 0.05) is 17.5 Å². The Kier molecular flexibility index (Phi) is 3.94. The Morgan fingerprint density at radius 3 is 2.46 bits per heavy atom. The van der Waals surface area contributed by atoms with Crippen molar-refractivity contribution < 1.29 is 13.3 Å². The van der Waals surface area contributed by atoms with Gasteiger partial charge in [0.05, 0.1) is 15.5 Å². The minimum absolute atomic E-state index is 0.107. The number of nitro groups is 1. The number of fused-ring (bicyclic) bond motifs is 1. The van der Waals surface area contributed by atoms with Crippen LogP contribution in [0, 0.1) is 17.0 Å². The average molecular weight is 342 g/mol. The lowest BCUT2D eigenvalue weighted by Crippen LogP contribution is -2.14. The third-order valence-corrected chi connectivity index (χ3v) is 5.21. The summed E-state index contributed by atoms with van der Waals surface area (Å²) < 4.78 is 27.9. The van der Waals surface area contributed by atoms with Crippen LogP contribution >= 0.6 is 0 Å². The number of nitrogens with one attached hydrogen (secondary N) is 1. The first-order valence-corrected chi connectivity index (χ1v) is 8.62. The molecule has 0 bridgehead atoms. The minimum atomic E-state index is -3.95. The molecule has 6 nitrogen and oxygen atoms in total. The minimum Gasteiger partial charge on any atom is -0.279 e. The maximum Gasteiger partial charge on any atom is 0.270 e. The first kappa shape index (κ1) is 15.9. The van der Waals surface area contributed by atoms with Crippen LogP contribution in [0.5, 0.6) is 0 Å². The summed E-state index contributed by atoms with van der Waals surface area (Å²) in [5, 5.41) is 12.6. The van der Waals surface area contributed by atoms with Gasteiger partial charge in [0.15, 0.2) is 0 Å². The standard InChI is InChI=1S/C17H14N2O4S/c1-12-9-10-14(19(20)21)11-17(12)24(22,23)18-16-8-4-6-13-5-2-3-7-15(13)16/h2-11,18H,1H3. The van der Waals surface area contributed by atoms with Crippen molar-refractivity contribution in [1.82, 2.24) is 0 Å². The number of anilines is 1. The van der Waals surface area contributed by atoms with E-state index in [-0.39, 0.29) is 10.6 Å². The van der Waals surface area contributed by atoms with E-state index in [4.69, 9.17) is 0 Å². The fourth-order valence-corrected chi connectivity index (χ4v) is 3.85. The smallest absolute Gasteiger partial charge is 0.270 e. The molecule has 0 fully saturated rings. The molecule has 24 heavy (non-hydrogen) atoms. The largest absolute Gasteiger partial charge is 0.279 e. The Hall–Kier alpha value is -2.93. The van der Waals surface area contributed by atoms with Crippen LogP contribution in [-0.2, 0) is 10.0 Å². The summed E-state index contributed by atoms with van der Waals surface area (Å²) in [7, 11) is -3.95. The van der Waals surface area contributed by atoms with Crippen LogP contribution in [0.1, 0.15) is 5.56 Å². The summed E-state index contributed by atoms with van der Waals surface area (Å²) in [5.41, 5.74) is 0.603. The molecule has 0 aliphatic rings. The number of hydrogen-bond donors (Lipinski definition) is 1. The van der Waals surface area contributed by atoms with Gasteiger partial charge in [-0.1, -0.05) is 42.5 Å². The van der Waals surface area contributed by atoms with E-state index in [0.717, 1.165) is 16.8 Å². The lowest BCUT2D eigenvalue weighted by atomic mass is 10.1. The Bertz CT molecular complexity index is 1040. The van der Waals surface area contributed by atoms with E-state index in [1.54, 1.807) is 19.1 Å². The maximum absolute atomic E-state index is 12.7. The van der Waals surface area contributed by atoms with E-state index in [2.05, 4.69) is 4.72 Å². The average Bonchev–Trinajstić information content (AvgIpc) is 2.55. The van der Waals surface area contributed by atoms with Gasteiger partial charge in [-0.25, -0.2) is 8.42 Å². The summed E-state index contributed by atoms with van der Waals surface area (Å²) >= 11 is 0. The molecule has 7 heteroatoms. The number of nitrogens with zero attached hydrogens (tertiary/aromatic N) is 1. The van der Waals surface area contributed by atoms with E-state index in [9.17, 15) is 18.5 Å². The third-order valence-electron chi connectivity index (χ3n) is 3.71. The van der Waals surface area contributed by atoms with E-state index in [0.29, 0.717) is 11.3 Å². The molecule has 3 aromatic carbocycles. The first-order chi connectivity index (χ1) is 11.4. The zero-order valence-corrected chi connectivity index (χ0v) is 13.6. The van der Waals surface area contributed by atoms with Gasteiger partial charge in [-0.2, -0.15) is 0 Å². The highest BCUT2D eigenvalue weighted by Crippen LogP contribution is 2.28. The summed E-state index contributed by atoms with van der Waals surface area (Å²) in [4.78, 5) is 10.2. The van der Waals surface area contributed by atoms with Crippen LogP contribution in [0.25, 0.3) is 10.8 Å². The molecule has 0 saturated carbocycles. The number of hydrogen-bond acceptors (Lipinski definition) is 4. The summed E-state index contributed by atoms with van der Waals surface area (Å²) in [6, 6.07) is 16.5. The summed E-state index contributed by atoms with van der Waals surface area (Å²) in [6.07, 6.45) is 0. The van der Waals surface area contributed by atoms with Crippen molar-refractivity contribution in [3.63, 3.8) is 0 Å². The molecule has 0 spiro atoms. The molecule has 0 heterocycles. The summed E-state index contributed by atoms with van der Waals surface area (Å²) in [6.45, 7) is 1.60. The van der Waals surface area contributed by atoms with Crippen molar-refractivity contribution >= 4 is 32.2 Å². The molecule has 0 amide bonds. The second kappa shape index (κ2) is 5.93. The van der Waals surface area contributed by atoms with Crippen LogP contribution in [0.3, 0.4) is 0 Å². The van der Waals surface area contributed by atoms with Crippen molar-refractivity contribution in [2.24, 2.45) is 0 Å².